The topological polar surface area (TPSA) is 89.7 Å². The summed E-state index contributed by atoms with van der Waals surface area (Å²) in [5, 5.41) is 10.8. The van der Waals surface area contributed by atoms with Gasteiger partial charge in [0.25, 0.3) is 5.69 Å². The Hall–Kier alpha value is -1.31. The first-order valence-corrected chi connectivity index (χ1v) is 5.48. The summed E-state index contributed by atoms with van der Waals surface area (Å²) < 4.78 is 23.6. The van der Waals surface area contributed by atoms with E-state index in [9.17, 15) is 14.3 Å². The van der Waals surface area contributed by atoms with Gasteiger partial charge in [-0.1, -0.05) is 6.07 Å². The highest BCUT2D eigenvalue weighted by Gasteiger charge is 2.20. The lowest BCUT2D eigenvalue weighted by Gasteiger charge is -2.10. The molecule has 0 amide bonds. The molecule has 0 bridgehead atoms. The van der Waals surface area contributed by atoms with Crippen molar-refractivity contribution in [1.29, 1.82) is 0 Å². The van der Waals surface area contributed by atoms with E-state index >= 15 is 0 Å². The molecule has 0 spiro atoms. The Bertz CT molecular complexity index is 434. The number of nitro benzene ring substituents is 1. The molecule has 0 aromatic heterocycles. The second kappa shape index (κ2) is 5.15. The van der Waals surface area contributed by atoms with Gasteiger partial charge in [-0.05, 0) is 25.5 Å². The number of hydrogen-bond acceptors (Lipinski definition) is 4. The molecule has 2 unspecified atom stereocenters. The van der Waals surface area contributed by atoms with E-state index in [0.29, 0.717) is 0 Å². The fourth-order valence-electron chi connectivity index (χ4n) is 1.33. The normalized spacial score (nSPS) is 14.4. The van der Waals surface area contributed by atoms with Crippen LogP contribution < -0.4 is 0 Å². The molecule has 1 aromatic carbocycles. The van der Waals surface area contributed by atoms with Crippen LogP contribution >= 0.6 is 0 Å². The van der Waals surface area contributed by atoms with Crippen LogP contribution in [0.3, 0.4) is 0 Å². The molecule has 0 saturated carbocycles. The third kappa shape index (κ3) is 3.09. The SMILES string of the molecule is Cc1ccc(C(C)OS(=O)O)c([N+](=O)[O-])c1. The van der Waals surface area contributed by atoms with Crippen LogP contribution in [-0.2, 0) is 15.5 Å². The van der Waals surface area contributed by atoms with Gasteiger partial charge in [0.2, 0.25) is 0 Å². The molecule has 1 aromatic rings. The number of benzene rings is 1. The average Bonchev–Trinajstić information content (AvgIpc) is 2.16. The fraction of sp³-hybridized carbons (Fsp3) is 0.333. The molecule has 0 radical (unpaired) electrons. The summed E-state index contributed by atoms with van der Waals surface area (Å²) in [6, 6.07) is 4.60. The maximum Gasteiger partial charge on any atom is 0.302 e. The van der Waals surface area contributed by atoms with Crippen LogP contribution in [-0.4, -0.2) is 13.7 Å². The minimum atomic E-state index is -2.45. The minimum Gasteiger partial charge on any atom is -0.284 e. The number of hydrogen-bond donors (Lipinski definition) is 1. The number of nitrogens with zero attached hydrogens (tertiary/aromatic N) is 1. The number of rotatable bonds is 4. The predicted octanol–water partition coefficient (Wildman–Crippen LogP) is 2.12. The molecule has 6 nitrogen and oxygen atoms in total. The Labute approximate surface area is 94.9 Å². The summed E-state index contributed by atoms with van der Waals surface area (Å²) in [5.41, 5.74) is 0.906. The fourth-order valence-corrected chi connectivity index (χ4v) is 1.68. The zero-order valence-electron chi connectivity index (χ0n) is 8.75. The van der Waals surface area contributed by atoms with E-state index in [4.69, 9.17) is 4.55 Å². The van der Waals surface area contributed by atoms with E-state index in [1.165, 1.54) is 19.1 Å². The van der Waals surface area contributed by atoms with E-state index in [-0.39, 0.29) is 11.3 Å². The smallest absolute Gasteiger partial charge is 0.284 e. The Morgan fingerprint density at radius 2 is 2.19 bits per heavy atom. The van der Waals surface area contributed by atoms with Gasteiger partial charge in [-0.3, -0.25) is 18.9 Å². The zero-order valence-corrected chi connectivity index (χ0v) is 9.56. The van der Waals surface area contributed by atoms with Crippen molar-refractivity contribution in [3.05, 3.63) is 39.4 Å². The van der Waals surface area contributed by atoms with E-state index in [0.717, 1.165) is 5.56 Å². The molecule has 0 aliphatic carbocycles. The molecule has 16 heavy (non-hydrogen) atoms. The van der Waals surface area contributed by atoms with Crippen LogP contribution in [0.1, 0.15) is 24.2 Å². The lowest BCUT2D eigenvalue weighted by atomic mass is 10.1. The maximum atomic E-state index is 10.8. The van der Waals surface area contributed by atoms with Crippen LogP contribution in [0.5, 0.6) is 0 Å². The number of nitro groups is 1. The van der Waals surface area contributed by atoms with Crippen LogP contribution in [0.15, 0.2) is 18.2 Å². The Morgan fingerprint density at radius 3 is 2.69 bits per heavy atom. The summed E-state index contributed by atoms with van der Waals surface area (Å²) in [5.74, 6) is 0. The van der Waals surface area contributed by atoms with Gasteiger partial charge in [0.1, 0.15) is 6.10 Å². The molecule has 0 heterocycles. The van der Waals surface area contributed by atoms with Crippen molar-refractivity contribution in [2.75, 3.05) is 0 Å². The molecule has 2 atom stereocenters. The van der Waals surface area contributed by atoms with Gasteiger partial charge in [-0.2, -0.15) is 4.21 Å². The highest BCUT2D eigenvalue weighted by atomic mass is 32.2. The van der Waals surface area contributed by atoms with E-state index in [2.05, 4.69) is 4.18 Å². The molecular weight excluding hydrogens is 234 g/mol. The largest absolute Gasteiger partial charge is 0.302 e. The monoisotopic (exact) mass is 245 g/mol. The Balaban J connectivity index is 3.12. The van der Waals surface area contributed by atoms with Gasteiger partial charge in [0.05, 0.1) is 10.5 Å². The summed E-state index contributed by atoms with van der Waals surface area (Å²) in [6.45, 7) is 3.21. The third-order valence-electron chi connectivity index (χ3n) is 2.05. The van der Waals surface area contributed by atoms with Crippen molar-refractivity contribution < 1.29 is 17.9 Å². The molecule has 1 N–H and O–H groups in total. The first-order chi connectivity index (χ1) is 7.41. The molecule has 0 fully saturated rings. The molecule has 7 heteroatoms. The highest BCUT2D eigenvalue weighted by molar-refractivity contribution is 7.74. The second-order valence-corrected chi connectivity index (χ2v) is 3.90. The van der Waals surface area contributed by atoms with Crippen molar-refractivity contribution in [3.63, 3.8) is 0 Å². The molecule has 0 aliphatic heterocycles. The Kier molecular flexibility index (Phi) is 4.11. The predicted molar refractivity (Wildman–Crippen MR) is 58.1 cm³/mol. The molecule has 0 aliphatic rings. The van der Waals surface area contributed by atoms with E-state index in [1.54, 1.807) is 13.0 Å². The van der Waals surface area contributed by atoms with Crippen LogP contribution in [0.2, 0.25) is 0 Å². The van der Waals surface area contributed by atoms with Gasteiger partial charge >= 0.3 is 11.4 Å². The summed E-state index contributed by atoms with van der Waals surface area (Å²) in [6.07, 6.45) is -0.813. The van der Waals surface area contributed by atoms with Crippen LogP contribution in [0.25, 0.3) is 0 Å². The van der Waals surface area contributed by atoms with Gasteiger partial charge in [-0.25, -0.2) is 0 Å². The lowest BCUT2D eigenvalue weighted by molar-refractivity contribution is -0.386. The van der Waals surface area contributed by atoms with E-state index in [1.807, 2.05) is 0 Å². The summed E-state index contributed by atoms with van der Waals surface area (Å²) in [7, 11) is 0. The molecule has 0 saturated heterocycles. The Morgan fingerprint density at radius 1 is 1.56 bits per heavy atom. The highest BCUT2D eigenvalue weighted by Crippen LogP contribution is 2.28. The maximum absolute atomic E-state index is 10.8. The zero-order chi connectivity index (χ0) is 12.3. The van der Waals surface area contributed by atoms with Gasteiger partial charge in [0.15, 0.2) is 0 Å². The molecule has 88 valence electrons. The van der Waals surface area contributed by atoms with Crippen molar-refractivity contribution in [3.8, 4) is 0 Å². The number of aryl methyl sites for hydroxylation is 1. The van der Waals surface area contributed by atoms with Crippen LogP contribution in [0.4, 0.5) is 5.69 Å². The molecule has 1 rings (SSSR count). The standard InChI is InChI=1S/C9H11NO5S/c1-6-3-4-8(7(2)15-16(13)14)9(5-6)10(11)12/h3-5,7H,1-2H3,(H,13,14). The van der Waals surface area contributed by atoms with Gasteiger partial charge < -0.3 is 0 Å². The first kappa shape index (κ1) is 12.8. The third-order valence-corrected chi connectivity index (χ3v) is 2.50. The van der Waals surface area contributed by atoms with Crippen LogP contribution in [0, 0.1) is 17.0 Å². The summed E-state index contributed by atoms with van der Waals surface area (Å²) in [4.78, 5) is 10.2. The van der Waals surface area contributed by atoms with Crippen molar-refractivity contribution in [1.82, 2.24) is 0 Å². The van der Waals surface area contributed by atoms with Gasteiger partial charge in [0, 0.05) is 6.07 Å². The minimum absolute atomic E-state index is 0.113. The summed E-state index contributed by atoms with van der Waals surface area (Å²) >= 11 is -2.45. The lowest BCUT2D eigenvalue weighted by Crippen LogP contribution is -2.05. The van der Waals surface area contributed by atoms with Crippen molar-refractivity contribution in [2.24, 2.45) is 0 Å². The second-order valence-electron chi connectivity index (χ2n) is 3.27. The average molecular weight is 245 g/mol. The van der Waals surface area contributed by atoms with Gasteiger partial charge in [-0.15, -0.1) is 0 Å². The first-order valence-electron chi connectivity index (χ1n) is 4.44. The van der Waals surface area contributed by atoms with Crippen molar-refractivity contribution in [2.45, 2.75) is 20.0 Å². The van der Waals surface area contributed by atoms with E-state index < -0.39 is 22.4 Å². The quantitative estimate of drug-likeness (QED) is 0.498. The molecular formula is C9H11NO5S. The van der Waals surface area contributed by atoms with Crippen molar-refractivity contribution >= 4 is 17.0 Å².